The van der Waals surface area contributed by atoms with Crippen LogP contribution < -0.4 is 10.5 Å². The zero-order valence-corrected chi connectivity index (χ0v) is 12.9. The first-order chi connectivity index (χ1) is 10.2. The highest BCUT2D eigenvalue weighted by Gasteiger charge is 2.25. The summed E-state index contributed by atoms with van der Waals surface area (Å²) in [5.41, 5.74) is 8.04. The van der Waals surface area contributed by atoms with Gasteiger partial charge in [-0.15, -0.1) is 0 Å². The van der Waals surface area contributed by atoms with Gasteiger partial charge in [0.25, 0.3) is 0 Å². The van der Waals surface area contributed by atoms with E-state index in [9.17, 15) is 0 Å². The monoisotopic (exact) mass is 288 g/mol. The van der Waals surface area contributed by atoms with Crippen LogP contribution in [0, 0.1) is 0 Å². The molecule has 2 aromatic rings. The highest BCUT2D eigenvalue weighted by Crippen LogP contribution is 2.28. The molecule has 1 heterocycles. The van der Waals surface area contributed by atoms with E-state index in [1.165, 1.54) is 12.8 Å². The van der Waals surface area contributed by atoms with Gasteiger partial charge in [0.1, 0.15) is 11.3 Å². The first-order valence-electron chi connectivity index (χ1n) is 7.78. The summed E-state index contributed by atoms with van der Waals surface area (Å²) in [6.45, 7) is 4.67. The van der Waals surface area contributed by atoms with E-state index >= 15 is 0 Å². The summed E-state index contributed by atoms with van der Waals surface area (Å²) in [5, 5.41) is 0. The molecule has 0 atom stereocenters. The molecule has 1 aliphatic carbocycles. The summed E-state index contributed by atoms with van der Waals surface area (Å²) in [6.07, 6.45) is 3.64. The van der Waals surface area contributed by atoms with Gasteiger partial charge in [0.05, 0.1) is 12.1 Å². The minimum atomic E-state index is 0.571. The van der Waals surface area contributed by atoms with Gasteiger partial charge in [-0.3, -0.25) is 0 Å². The van der Waals surface area contributed by atoms with Crippen LogP contribution >= 0.6 is 0 Å². The number of hydrogen-bond donors (Lipinski definition) is 1. The molecule has 5 nitrogen and oxygen atoms in total. The van der Waals surface area contributed by atoms with E-state index in [0.717, 1.165) is 42.3 Å². The number of nitrogens with zero attached hydrogens (tertiary/aromatic N) is 3. The van der Waals surface area contributed by atoms with E-state index in [1.54, 1.807) is 0 Å². The topological polar surface area (TPSA) is 56.3 Å². The summed E-state index contributed by atoms with van der Waals surface area (Å²) >= 11 is 0. The van der Waals surface area contributed by atoms with Gasteiger partial charge in [0.2, 0.25) is 5.95 Å². The molecule has 114 valence electrons. The average molecular weight is 288 g/mol. The first kappa shape index (κ1) is 14.2. The number of benzene rings is 1. The lowest BCUT2D eigenvalue weighted by Crippen LogP contribution is -2.25. The van der Waals surface area contributed by atoms with Crippen LogP contribution in [0.3, 0.4) is 0 Å². The Balaban J connectivity index is 1.82. The summed E-state index contributed by atoms with van der Waals surface area (Å²) in [6, 6.07) is 6.80. The molecule has 0 radical (unpaired) electrons. The van der Waals surface area contributed by atoms with E-state index in [0.29, 0.717) is 12.6 Å². The molecule has 1 aromatic carbocycles. The van der Waals surface area contributed by atoms with E-state index in [1.807, 2.05) is 12.1 Å². The molecule has 5 heteroatoms. The molecule has 0 amide bonds. The summed E-state index contributed by atoms with van der Waals surface area (Å²) in [5.74, 6) is 1.40. The van der Waals surface area contributed by atoms with E-state index < -0.39 is 0 Å². The number of imidazole rings is 1. The highest BCUT2D eigenvalue weighted by molar-refractivity contribution is 5.84. The summed E-state index contributed by atoms with van der Waals surface area (Å²) in [7, 11) is 2.18. The quantitative estimate of drug-likeness (QED) is 0.850. The highest BCUT2D eigenvalue weighted by atomic mass is 16.5. The van der Waals surface area contributed by atoms with Gasteiger partial charge in [0.15, 0.2) is 0 Å². The molecule has 0 saturated heterocycles. The Hall–Kier alpha value is -1.75. The van der Waals surface area contributed by atoms with Crippen LogP contribution in [0.15, 0.2) is 18.2 Å². The number of nitrogens with two attached hydrogens (primary N) is 1. The second kappa shape index (κ2) is 5.93. The number of nitrogen functional groups attached to an aromatic ring is 1. The second-order valence-corrected chi connectivity index (χ2v) is 5.81. The number of rotatable bonds is 7. The predicted molar refractivity (Wildman–Crippen MR) is 85.6 cm³/mol. The fourth-order valence-corrected chi connectivity index (χ4v) is 2.66. The Morgan fingerprint density at radius 2 is 2.24 bits per heavy atom. The van der Waals surface area contributed by atoms with Crippen LogP contribution in [0.2, 0.25) is 0 Å². The molecule has 0 unspecified atom stereocenters. The van der Waals surface area contributed by atoms with Crippen molar-refractivity contribution in [2.75, 3.05) is 25.9 Å². The Labute approximate surface area is 125 Å². The molecule has 0 aliphatic heterocycles. The Kier molecular flexibility index (Phi) is 4.01. The lowest BCUT2D eigenvalue weighted by molar-refractivity contribution is 0.311. The number of para-hydroxylation sites is 1. The van der Waals surface area contributed by atoms with Crippen molar-refractivity contribution in [1.82, 2.24) is 14.5 Å². The third-order valence-electron chi connectivity index (χ3n) is 4.08. The zero-order chi connectivity index (χ0) is 14.8. The third kappa shape index (κ3) is 2.97. The van der Waals surface area contributed by atoms with Gasteiger partial charge in [-0.05, 0) is 38.4 Å². The molecule has 1 aromatic heterocycles. The SMILES string of the molecule is CCCOc1cccc2c1nc(N)n2CCN(C)C1CC1. The van der Waals surface area contributed by atoms with Gasteiger partial charge < -0.3 is 19.9 Å². The minimum absolute atomic E-state index is 0.571. The van der Waals surface area contributed by atoms with E-state index in [-0.39, 0.29) is 0 Å². The molecule has 0 bridgehead atoms. The number of likely N-dealkylation sites (N-methyl/N-ethyl adjacent to an activating group) is 1. The number of aromatic nitrogens is 2. The number of fused-ring (bicyclic) bond motifs is 1. The van der Waals surface area contributed by atoms with E-state index in [4.69, 9.17) is 10.5 Å². The van der Waals surface area contributed by atoms with Gasteiger partial charge in [0, 0.05) is 19.1 Å². The van der Waals surface area contributed by atoms with Crippen LogP contribution in [-0.2, 0) is 6.54 Å². The van der Waals surface area contributed by atoms with Crippen LogP contribution in [0.1, 0.15) is 26.2 Å². The molecule has 3 rings (SSSR count). The summed E-state index contributed by atoms with van der Waals surface area (Å²) in [4.78, 5) is 6.91. The number of hydrogen-bond acceptors (Lipinski definition) is 4. The van der Waals surface area contributed by atoms with Crippen molar-refractivity contribution in [3.05, 3.63) is 18.2 Å². The maximum atomic E-state index is 6.11. The fraction of sp³-hybridized carbons (Fsp3) is 0.562. The van der Waals surface area contributed by atoms with Crippen LogP contribution in [0.25, 0.3) is 11.0 Å². The third-order valence-corrected chi connectivity index (χ3v) is 4.08. The first-order valence-corrected chi connectivity index (χ1v) is 7.78. The van der Waals surface area contributed by atoms with Gasteiger partial charge in [-0.1, -0.05) is 13.0 Å². The van der Waals surface area contributed by atoms with Crippen molar-refractivity contribution < 1.29 is 4.74 Å². The second-order valence-electron chi connectivity index (χ2n) is 5.81. The van der Waals surface area contributed by atoms with Crippen molar-refractivity contribution in [3.8, 4) is 5.75 Å². The van der Waals surface area contributed by atoms with Gasteiger partial charge in [-0.25, -0.2) is 4.98 Å². The average Bonchev–Trinajstić information content (AvgIpc) is 3.27. The normalized spacial score (nSPS) is 15.0. The molecular weight excluding hydrogens is 264 g/mol. The van der Waals surface area contributed by atoms with Crippen molar-refractivity contribution in [2.45, 2.75) is 38.8 Å². The van der Waals surface area contributed by atoms with Crippen LogP contribution in [0.5, 0.6) is 5.75 Å². The smallest absolute Gasteiger partial charge is 0.201 e. The summed E-state index contributed by atoms with van der Waals surface area (Å²) < 4.78 is 7.86. The van der Waals surface area contributed by atoms with Crippen molar-refractivity contribution in [1.29, 1.82) is 0 Å². The number of anilines is 1. The Morgan fingerprint density at radius 3 is 2.95 bits per heavy atom. The van der Waals surface area contributed by atoms with Crippen molar-refractivity contribution in [3.63, 3.8) is 0 Å². The maximum Gasteiger partial charge on any atom is 0.201 e. The molecule has 1 saturated carbocycles. The Bertz CT molecular complexity index is 618. The van der Waals surface area contributed by atoms with E-state index in [2.05, 4.69) is 34.5 Å². The van der Waals surface area contributed by atoms with Crippen molar-refractivity contribution in [2.24, 2.45) is 0 Å². The van der Waals surface area contributed by atoms with Crippen LogP contribution in [0.4, 0.5) is 5.95 Å². The largest absolute Gasteiger partial charge is 0.491 e. The molecular formula is C16H24N4O. The van der Waals surface area contributed by atoms with Crippen LogP contribution in [-0.4, -0.2) is 40.7 Å². The predicted octanol–water partition coefficient (Wildman–Crippen LogP) is 2.50. The Morgan fingerprint density at radius 1 is 1.43 bits per heavy atom. The van der Waals surface area contributed by atoms with Crippen molar-refractivity contribution >= 4 is 17.0 Å². The van der Waals surface area contributed by atoms with Gasteiger partial charge in [-0.2, -0.15) is 0 Å². The molecule has 2 N–H and O–H groups in total. The lowest BCUT2D eigenvalue weighted by atomic mass is 10.3. The fourth-order valence-electron chi connectivity index (χ4n) is 2.66. The van der Waals surface area contributed by atoms with Gasteiger partial charge >= 0.3 is 0 Å². The lowest BCUT2D eigenvalue weighted by Gasteiger charge is -2.16. The molecule has 1 fully saturated rings. The molecule has 21 heavy (non-hydrogen) atoms. The standard InChI is InChI=1S/C16H24N4O/c1-3-11-21-14-6-4-5-13-15(14)18-16(17)20(13)10-9-19(2)12-7-8-12/h4-6,12H,3,7-11H2,1-2H3,(H2,17,18). The molecule has 1 aliphatic rings. The number of ether oxygens (including phenoxy) is 1. The molecule has 0 spiro atoms. The minimum Gasteiger partial charge on any atom is -0.491 e. The maximum absolute atomic E-state index is 6.11. The zero-order valence-electron chi connectivity index (χ0n) is 12.9.